The summed E-state index contributed by atoms with van der Waals surface area (Å²) in [7, 11) is 0. The summed E-state index contributed by atoms with van der Waals surface area (Å²) in [6, 6.07) is 0. The molecule has 3 heteroatoms. The fourth-order valence-electron chi connectivity index (χ4n) is 2.70. The maximum Gasteiger partial charge on any atom is 0.242 e. The number of piperidine rings is 1. The van der Waals surface area contributed by atoms with Crippen molar-refractivity contribution in [2.75, 3.05) is 13.1 Å². The summed E-state index contributed by atoms with van der Waals surface area (Å²) in [6.45, 7) is 9.83. The van der Waals surface area contributed by atoms with Crippen LogP contribution in [0.3, 0.4) is 0 Å². The second kappa shape index (κ2) is 4.74. The lowest BCUT2D eigenvalue weighted by atomic mass is 9.78. The molecule has 2 N–H and O–H groups in total. The van der Waals surface area contributed by atoms with Crippen molar-refractivity contribution < 1.29 is 4.79 Å². The average molecular weight is 226 g/mol. The lowest BCUT2D eigenvalue weighted by molar-refractivity contribution is -0.139. The second-order valence-electron chi connectivity index (χ2n) is 6.11. The van der Waals surface area contributed by atoms with Gasteiger partial charge < -0.3 is 10.6 Å². The van der Waals surface area contributed by atoms with Crippen LogP contribution in [-0.2, 0) is 4.79 Å². The van der Waals surface area contributed by atoms with E-state index in [1.54, 1.807) is 13.8 Å². The summed E-state index contributed by atoms with van der Waals surface area (Å²) in [6.07, 6.45) is 4.72. The van der Waals surface area contributed by atoms with E-state index in [9.17, 15) is 4.79 Å². The molecule has 1 rings (SSSR count). The number of hydrogen-bond donors (Lipinski definition) is 1. The van der Waals surface area contributed by atoms with Gasteiger partial charge in [-0.05, 0) is 38.5 Å². The molecule has 94 valence electrons. The van der Waals surface area contributed by atoms with Crippen LogP contribution in [-0.4, -0.2) is 29.4 Å². The molecule has 1 saturated heterocycles. The number of likely N-dealkylation sites (tertiary alicyclic amines) is 1. The van der Waals surface area contributed by atoms with E-state index < -0.39 is 5.54 Å². The Morgan fingerprint density at radius 3 is 2.62 bits per heavy atom. The van der Waals surface area contributed by atoms with Gasteiger partial charge in [0.25, 0.3) is 0 Å². The molecule has 1 atom stereocenters. The maximum atomic E-state index is 12.1. The second-order valence-corrected chi connectivity index (χ2v) is 6.11. The zero-order valence-corrected chi connectivity index (χ0v) is 11.2. The van der Waals surface area contributed by atoms with Crippen LogP contribution < -0.4 is 5.73 Å². The molecule has 1 fully saturated rings. The standard InChI is InChI=1S/C13H26N2O/c1-5-7-13(4)8-6-9-15(10-13)11(16)12(2,3)14/h5-10,14H2,1-4H3. The predicted molar refractivity (Wildman–Crippen MR) is 67.1 cm³/mol. The van der Waals surface area contributed by atoms with E-state index in [1.165, 1.54) is 19.3 Å². The Balaban J connectivity index is 2.67. The highest BCUT2D eigenvalue weighted by atomic mass is 16.2. The Hall–Kier alpha value is -0.570. The highest BCUT2D eigenvalue weighted by molar-refractivity contribution is 5.85. The normalized spacial score (nSPS) is 26.9. The number of carbonyl (C=O) groups excluding carboxylic acids is 1. The predicted octanol–water partition coefficient (Wildman–Crippen LogP) is 2.15. The molecular weight excluding hydrogens is 200 g/mol. The molecular formula is C13H26N2O. The Morgan fingerprint density at radius 2 is 2.12 bits per heavy atom. The van der Waals surface area contributed by atoms with Crippen molar-refractivity contribution in [3.8, 4) is 0 Å². The minimum Gasteiger partial charge on any atom is -0.341 e. The molecule has 0 aliphatic carbocycles. The van der Waals surface area contributed by atoms with Crippen LogP contribution in [0.2, 0.25) is 0 Å². The number of nitrogens with zero attached hydrogens (tertiary/aromatic N) is 1. The van der Waals surface area contributed by atoms with Crippen molar-refractivity contribution in [1.29, 1.82) is 0 Å². The van der Waals surface area contributed by atoms with Crippen LogP contribution in [0.1, 0.15) is 53.4 Å². The van der Waals surface area contributed by atoms with E-state index in [-0.39, 0.29) is 5.91 Å². The Morgan fingerprint density at radius 1 is 1.50 bits per heavy atom. The number of nitrogens with two attached hydrogens (primary N) is 1. The molecule has 1 amide bonds. The van der Waals surface area contributed by atoms with Gasteiger partial charge in [-0.3, -0.25) is 4.79 Å². The van der Waals surface area contributed by atoms with Crippen molar-refractivity contribution in [3.63, 3.8) is 0 Å². The largest absolute Gasteiger partial charge is 0.341 e. The fourth-order valence-corrected chi connectivity index (χ4v) is 2.70. The van der Waals surface area contributed by atoms with Crippen molar-refractivity contribution >= 4 is 5.91 Å². The van der Waals surface area contributed by atoms with Gasteiger partial charge in [-0.2, -0.15) is 0 Å². The molecule has 1 heterocycles. The topological polar surface area (TPSA) is 46.3 Å². The zero-order valence-electron chi connectivity index (χ0n) is 11.2. The van der Waals surface area contributed by atoms with Crippen LogP contribution >= 0.6 is 0 Å². The highest BCUT2D eigenvalue weighted by Gasteiger charge is 2.36. The van der Waals surface area contributed by atoms with Gasteiger partial charge >= 0.3 is 0 Å². The molecule has 1 aliphatic heterocycles. The Kier molecular flexibility index (Phi) is 4.00. The molecule has 0 aromatic rings. The van der Waals surface area contributed by atoms with E-state index in [0.717, 1.165) is 19.5 Å². The summed E-state index contributed by atoms with van der Waals surface area (Å²) >= 11 is 0. The number of rotatable bonds is 3. The van der Waals surface area contributed by atoms with Gasteiger partial charge in [-0.15, -0.1) is 0 Å². The van der Waals surface area contributed by atoms with E-state index in [4.69, 9.17) is 5.73 Å². The van der Waals surface area contributed by atoms with Crippen molar-refractivity contribution in [3.05, 3.63) is 0 Å². The first-order chi connectivity index (χ1) is 7.28. The summed E-state index contributed by atoms with van der Waals surface area (Å²) in [5, 5.41) is 0. The van der Waals surface area contributed by atoms with Crippen molar-refractivity contribution in [2.24, 2.45) is 11.1 Å². The van der Waals surface area contributed by atoms with Crippen LogP contribution in [0.4, 0.5) is 0 Å². The summed E-state index contributed by atoms with van der Waals surface area (Å²) in [4.78, 5) is 14.1. The molecule has 0 saturated carbocycles. The van der Waals surface area contributed by atoms with Gasteiger partial charge in [0.2, 0.25) is 5.91 Å². The monoisotopic (exact) mass is 226 g/mol. The molecule has 3 nitrogen and oxygen atoms in total. The van der Waals surface area contributed by atoms with Gasteiger partial charge in [0.1, 0.15) is 0 Å². The molecule has 0 aromatic heterocycles. The molecule has 1 unspecified atom stereocenters. The minimum absolute atomic E-state index is 0.0922. The molecule has 0 spiro atoms. The first kappa shape index (κ1) is 13.5. The van der Waals surface area contributed by atoms with Crippen molar-refractivity contribution in [1.82, 2.24) is 4.90 Å². The molecule has 1 aliphatic rings. The van der Waals surface area contributed by atoms with Gasteiger partial charge in [0, 0.05) is 13.1 Å². The highest BCUT2D eigenvalue weighted by Crippen LogP contribution is 2.34. The maximum absolute atomic E-state index is 12.1. The van der Waals surface area contributed by atoms with Gasteiger partial charge in [-0.1, -0.05) is 20.3 Å². The minimum atomic E-state index is -0.732. The van der Waals surface area contributed by atoms with E-state index >= 15 is 0 Å². The zero-order chi connectivity index (χ0) is 12.4. The summed E-state index contributed by atoms with van der Waals surface area (Å²) in [5.74, 6) is 0.0922. The van der Waals surface area contributed by atoms with Crippen LogP contribution in [0.5, 0.6) is 0 Å². The summed E-state index contributed by atoms with van der Waals surface area (Å²) < 4.78 is 0. The lowest BCUT2D eigenvalue weighted by Gasteiger charge is -2.42. The van der Waals surface area contributed by atoms with Crippen LogP contribution in [0.25, 0.3) is 0 Å². The first-order valence-electron chi connectivity index (χ1n) is 6.37. The third-order valence-electron chi connectivity index (χ3n) is 3.47. The molecule has 16 heavy (non-hydrogen) atoms. The quantitative estimate of drug-likeness (QED) is 0.801. The SMILES string of the molecule is CCCC1(C)CCCN(C(=O)C(C)(C)N)C1. The van der Waals surface area contributed by atoms with Gasteiger partial charge in [0.15, 0.2) is 0 Å². The number of carbonyl (C=O) groups is 1. The fraction of sp³-hybridized carbons (Fsp3) is 0.923. The van der Waals surface area contributed by atoms with E-state index in [0.29, 0.717) is 5.41 Å². The molecule has 0 bridgehead atoms. The third-order valence-corrected chi connectivity index (χ3v) is 3.47. The first-order valence-corrected chi connectivity index (χ1v) is 6.37. The van der Waals surface area contributed by atoms with Crippen molar-refractivity contribution in [2.45, 2.75) is 58.9 Å². The Bertz CT molecular complexity index is 253. The van der Waals surface area contributed by atoms with Gasteiger partial charge in [-0.25, -0.2) is 0 Å². The number of hydrogen-bond acceptors (Lipinski definition) is 2. The Labute approximate surface area is 99.4 Å². The van der Waals surface area contributed by atoms with Crippen LogP contribution in [0, 0.1) is 5.41 Å². The summed E-state index contributed by atoms with van der Waals surface area (Å²) in [5.41, 5.74) is 5.45. The van der Waals surface area contributed by atoms with E-state index in [2.05, 4.69) is 13.8 Å². The average Bonchev–Trinajstić information content (AvgIpc) is 2.15. The van der Waals surface area contributed by atoms with Gasteiger partial charge in [0.05, 0.1) is 5.54 Å². The third kappa shape index (κ3) is 3.21. The molecule has 0 radical (unpaired) electrons. The number of amides is 1. The lowest BCUT2D eigenvalue weighted by Crippen LogP contribution is -2.55. The van der Waals surface area contributed by atoms with E-state index in [1.807, 2.05) is 4.90 Å². The van der Waals surface area contributed by atoms with Crippen LogP contribution in [0.15, 0.2) is 0 Å². The smallest absolute Gasteiger partial charge is 0.242 e. The molecule has 0 aromatic carbocycles.